The van der Waals surface area contributed by atoms with Crippen LogP contribution in [0.25, 0.3) is 33.4 Å². The first-order valence-electron chi connectivity index (χ1n) is 12.3. The lowest BCUT2D eigenvalue weighted by atomic mass is 9.98. The van der Waals surface area contributed by atoms with Gasteiger partial charge in [0.05, 0.1) is 0 Å². The molecule has 0 aliphatic rings. The second-order valence-corrected chi connectivity index (χ2v) is 9.55. The van der Waals surface area contributed by atoms with Gasteiger partial charge in [-0.15, -0.1) is 0 Å². The standard InChI is InChI=1S/C32H16F10O/c1-15-2-4-16(5-3-15)19-9-23(33)29(24(34)10-19)32(41,42)43-22-7-17(20-11-25(35)30(39)26(36)12-20)6-18(8-22)21-13-27(37)31(40)28(38)14-21/h2-14H,1H3. The Bertz CT molecular complexity index is 1720. The molecule has 0 spiro atoms. The molecule has 0 aliphatic carbocycles. The minimum Gasteiger partial charge on any atom is -0.429 e. The molecule has 1 nitrogen and oxygen atoms in total. The molecule has 5 aromatic rings. The van der Waals surface area contributed by atoms with Gasteiger partial charge in [0.2, 0.25) is 0 Å². The van der Waals surface area contributed by atoms with Crippen LogP contribution in [0.15, 0.2) is 78.9 Å². The van der Waals surface area contributed by atoms with E-state index in [1.54, 1.807) is 19.1 Å². The minimum absolute atomic E-state index is 0.0421. The molecule has 5 rings (SSSR count). The minimum atomic E-state index is -4.70. The van der Waals surface area contributed by atoms with E-state index in [1.165, 1.54) is 12.1 Å². The van der Waals surface area contributed by atoms with Crippen LogP contribution in [-0.2, 0) is 6.11 Å². The van der Waals surface area contributed by atoms with Gasteiger partial charge >= 0.3 is 6.11 Å². The van der Waals surface area contributed by atoms with Crippen LogP contribution in [0.1, 0.15) is 11.1 Å². The maximum absolute atomic E-state index is 15.3. The van der Waals surface area contributed by atoms with Crippen molar-refractivity contribution in [3.05, 3.63) is 137 Å². The van der Waals surface area contributed by atoms with Crippen molar-refractivity contribution in [3.8, 4) is 39.1 Å². The number of hydrogen-bond donors (Lipinski definition) is 0. The summed E-state index contributed by atoms with van der Waals surface area (Å²) in [7, 11) is 0. The molecule has 0 N–H and O–H groups in total. The van der Waals surface area contributed by atoms with Crippen LogP contribution in [0.2, 0.25) is 0 Å². The molecule has 0 aromatic heterocycles. The zero-order valence-electron chi connectivity index (χ0n) is 21.7. The first kappa shape index (κ1) is 29.7. The Morgan fingerprint density at radius 1 is 0.442 bits per heavy atom. The maximum atomic E-state index is 15.3. The molecule has 220 valence electrons. The molecule has 5 aromatic carbocycles. The normalized spacial score (nSPS) is 11.6. The van der Waals surface area contributed by atoms with Crippen molar-refractivity contribution in [2.45, 2.75) is 13.0 Å². The summed E-state index contributed by atoms with van der Waals surface area (Å²) in [6.07, 6.45) is -4.70. The molecule has 0 fully saturated rings. The average Bonchev–Trinajstić information content (AvgIpc) is 2.93. The Balaban J connectivity index is 1.61. The van der Waals surface area contributed by atoms with Gasteiger partial charge in [-0.3, -0.25) is 0 Å². The molecular formula is C32H16F10O. The highest BCUT2D eigenvalue weighted by molar-refractivity contribution is 5.75. The third-order valence-corrected chi connectivity index (χ3v) is 6.50. The monoisotopic (exact) mass is 606 g/mol. The van der Waals surface area contributed by atoms with E-state index in [0.717, 1.165) is 23.8 Å². The summed E-state index contributed by atoms with van der Waals surface area (Å²) in [6, 6.07) is 12.3. The van der Waals surface area contributed by atoms with E-state index in [0.29, 0.717) is 42.0 Å². The summed E-state index contributed by atoms with van der Waals surface area (Å²) >= 11 is 0. The topological polar surface area (TPSA) is 9.23 Å². The molecule has 0 radical (unpaired) electrons. The Morgan fingerprint density at radius 3 is 1.21 bits per heavy atom. The molecule has 0 saturated carbocycles. The number of benzene rings is 5. The summed E-state index contributed by atoms with van der Waals surface area (Å²) in [5, 5.41) is 0. The lowest BCUT2D eigenvalue weighted by Gasteiger charge is -2.21. The fraction of sp³-hybridized carbons (Fsp3) is 0.0625. The van der Waals surface area contributed by atoms with Crippen LogP contribution >= 0.6 is 0 Å². The van der Waals surface area contributed by atoms with E-state index >= 15 is 8.78 Å². The van der Waals surface area contributed by atoms with Crippen molar-refractivity contribution in [3.63, 3.8) is 0 Å². The van der Waals surface area contributed by atoms with Crippen LogP contribution < -0.4 is 4.74 Å². The zero-order valence-corrected chi connectivity index (χ0v) is 21.7. The highest BCUT2D eigenvalue weighted by Gasteiger charge is 2.41. The van der Waals surface area contributed by atoms with E-state index in [2.05, 4.69) is 4.74 Å². The predicted molar refractivity (Wildman–Crippen MR) is 138 cm³/mol. The summed E-state index contributed by atoms with van der Waals surface area (Å²) in [4.78, 5) is 0. The summed E-state index contributed by atoms with van der Waals surface area (Å²) < 4.78 is 148. The Morgan fingerprint density at radius 2 is 0.791 bits per heavy atom. The van der Waals surface area contributed by atoms with Crippen molar-refractivity contribution in [1.29, 1.82) is 0 Å². The van der Waals surface area contributed by atoms with Crippen molar-refractivity contribution in [2.75, 3.05) is 0 Å². The lowest BCUT2D eigenvalue weighted by molar-refractivity contribution is -0.189. The van der Waals surface area contributed by atoms with Crippen molar-refractivity contribution in [2.24, 2.45) is 0 Å². The highest BCUT2D eigenvalue weighted by Crippen LogP contribution is 2.40. The number of ether oxygens (including phenoxy) is 1. The fourth-order valence-electron chi connectivity index (χ4n) is 4.40. The molecule has 0 aliphatic heterocycles. The molecule has 0 amide bonds. The van der Waals surface area contributed by atoms with E-state index in [-0.39, 0.29) is 16.7 Å². The van der Waals surface area contributed by atoms with Crippen molar-refractivity contribution in [1.82, 2.24) is 0 Å². The second-order valence-electron chi connectivity index (χ2n) is 9.55. The molecule has 11 heteroatoms. The number of alkyl halides is 2. The Labute approximate surface area is 237 Å². The number of halogens is 10. The molecule has 0 unspecified atom stereocenters. The fourth-order valence-corrected chi connectivity index (χ4v) is 4.40. The van der Waals surface area contributed by atoms with Gasteiger partial charge in [-0.25, -0.2) is 35.1 Å². The van der Waals surface area contributed by atoms with Gasteiger partial charge < -0.3 is 4.74 Å². The van der Waals surface area contributed by atoms with Crippen molar-refractivity contribution < 1.29 is 48.6 Å². The molecular weight excluding hydrogens is 590 g/mol. The quantitative estimate of drug-likeness (QED) is 0.138. The molecule has 0 atom stereocenters. The van der Waals surface area contributed by atoms with Crippen molar-refractivity contribution >= 4 is 0 Å². The van der Waals surface area contributed by atoms with Crippen LogP contribution in [0.3, 0.4) is 0 Å². The summed E-state index contributed by atoms with van der Waals surface area (Å²) in [5.74, 6) is -14.5. The van der Waals surface area contributed by atoms with E-state index in [9.17, 15) is 35.1 Å². The number of hydrogen-bond acceptors (Lipinski definition) is 1. The van der Waals surface area contributed by atoms with E-state index in [4.69, 9.17) is 0 Å². The lowest BCUT2D eigenvalue weighted by Crippen LogP contribution is -2.25. The smallest absolute Gasteiger partial charge is 0.429 e. The molecule has 43 heavy (non-hydrogen) atoms. The maximum Gasteiger partial charge on any atom is 0.432 e. The van der Waals surface area contributed by atoms with Crippen LogP contribution in [0.4, 0.5) is 43.9 Å². The Kier molecular flexibility index (Phi) is 7.68. The predicted octanol–water partition coefficient (Wildman–Crippen LogP) is 10.2. The van der Waals surface area contributed by atoms with Crippen LogP contribution in [-0.4, -0.2) is 0 Å². The average molecular weight is 606 g/mol. The third-order valence-electron chi connectivity index (χ3n) is 6.50. The van der Waals surface area contributed by atoms with Gasteiger partial charge in [-0.05, 0) is 94.9 Å². The summed E-state index contributed by atoms with van der Waals surface area (Å²) in [6.45, 7) is 1.78. The molecule has 0 heterocycles. The van der Waals surface area contributed by atoms with Gasteiger partial charge in [0.1, 0.15) is 22.9 Å². The first-order chi connectivity index (χ1) is 20.2. The van der Waals surface area contributed by atoms with Gasteiger partial charge in [-0.1, -0.05) is 29.8 Å². The Hall–Kier alpha value is -4.80. The number of rotatable bonds is 6. The largest absolute Gasteiger partial charge is 0.432 e. The SMILES string of the molecule is Cc1ccc(-c2cc(F)c(C(F)(F)Oc3cc(-c4cc(F)c(F)c(F)c4)cc(-c4cc(F)c(F)c(F)c4)c3)c(F)c2)cc1. The van der Waals surface area contributed by atoms with Gasteiger partial charge in [0.15, 0.2) is 34.9 Å². The third kappa shape index (κ3) is 5.93. The number of aryl methyl sites for hydroxylation is 1. The van der Waals surface area contributed by atoms with Gasteiger partial charge in [0.25, 0.3) is 0 Å². The summed E-state index contributed by atoms with van der Waals surface area (Å²) in [5.41, 5.74) is -2.13. The molecule has 0 saturated heterocycles. The van der Waals surface area contributed by atoms with Gasteiger partial charge in [0, 0.05) is 0 Å². The second kappa shape index (κ2) is 11.1. The van der Waals surface area contributed by atoms with Gasteiger partial charge in [-0.2, -0.15) is 8.78 Å². The van der Waals surface area contributed by atoms with E-state index in [1.807, 2.05) is 0 Å². The highest BCUT2D eigenvalue weighted by atomic mass is 19.3. The van der Waals surface area contributed by atoms with Crippen LogP contribution in [0.5, 0.6) is 5.75 Å². The first-order valence-corrected chi connectivity index (χ1v) is 12.3. The molecule has 0 bridgehead atoms. The zero-order chi connectivity index (χ0) is 31.2. The van der Waals surface area contributed by atoms with Crippen LogP contribution in [0, 0.1) is 53.5 Å². The van der Waals surface area contributed by atoms with E-state index < -0.39 is 75.1 Å².